The number of para-hydroxylation sites is 1. The zero-order valence-corrected chi connectivity index (χ0v) is 14.4. The molecule has 4 nitrogen and oxygen atoms in total. The highest BCUT2D eigenvalue weighted by atomic mass is 35.5. The number of hydrogen-bond acceptors (Lipinski definition) is 3. The van der Waals surface area contributed by atoms with Gasteiger partial charge in [0.25, 0.3) is 5.91 Å². The quantitative estimate of drug-likeness (QED) is 0.600. The van der Waals surface area contributed by atoms with Crippen molar-refractivity contribution in [2.45, 2.75) is 12.8 Å². The Labute approximate surface area is 150 Å². The summed E-state index contributed by atoms with van der Waals surface area (Å²) in [6.07, 6.45) is 3.41. The molecule has 0 atom stereocenters. The zero-order valence-electron chi connectivity index (χ0n) is 12.9. The van der Waals surface area contributed by atoms with Gasteiger partial charge in [-0.15, -0.1) is 0 Å². The molecular weight excluding hydrogens is 347 g/mol. The summed E-state index contributed by atoms with van der Waals surface area (Å²) < 4.78 is 0. The van der Waals surface area contributed by atoms with Gasteiger partial charge in [0, 0.05) is 22.8 Å². The van der Waals surface area contributed by atoms with E-state index in [1.165, 1.54) is 11.8 Å². The van der Waals surface area contributed by atoms with Crippen molar-refractivity contribution in [3.8, 4) is 0 Å². The van der Waals surface area contributed by atoms with E-state index in [-0.39, 0.29) is 12.5 Å². The van der Waals surface area contributed by atoms with Gasteiger partial charge in [-0.25, -0.2) is 0 Å². The van der Waals surface area contributed by atoms with Gasteiger partial charge in [-0.2, -0.15) is 0 Å². The van der Waals surface area contributed by atoms with Gasteiger partial charge < -0.3 is 9.74 Å². The van der Waals surface area contributed by atoms with Gasteiger partial charge in [0.2, 0.25) is 0 Å². The van der Waals surface area contributed by atoms with E-state index in [1.807, 2.05) is 18.2 Å². The second-order valence-corrected chi connectivity index (χ2v) is 6.30. The first-order valence-electron chi connectivity index (χ1n) is 7.64. The van der Waals surface area contributed by atoms with Gasteiger partial charge in [0.1, 0.15) is 0 Å². The van der Waals surface area contributed by atoms with Crippen molar-refractivity contribution in [2.75, 3.05) is 18.1 Å². The third-order valence-electron chi connectivity index (χ3n) is 3.83. The summed E-state index contributed by atoms with van der Waals surface area (Å²) in [4.78, 5) is 19.3. The monoisotopic (exact) mass is 362 g/mol. The summed E-state index contributed by atoms with van der Waals surface area (Å²) in [6, 6.07) is 13.0. The maximum atomic E-state index is 12.4. The largest absolute Gasteiger partial charge is 0.386 e. The van der Waals surface area contributed by atoms with Crippen LogP contribution >= 0.6 is 23.2 Å². The molecule has 0 N–H and O–H groups in total. The molecule has 1 heterocycles. The molecule has 0 radical (unpaired) electrons. The van der Waals surface area contributed by atoms with Gasteiger partial charge >= 0.3 is 0 Å². The topological polar surface area (TPSA) is 41.9 Å². The Morgan fingerprint density at radius 2 is 2.08 bits per heavy atom. The number of halogens is 2. The van der Waals surface area contributed by atoms with Gasteiger partial charge in [0.05, 0.1) is 11.2 Å². The van der Waals surface area contributed by atoms with Crippen molar-refractivity contribution in [1.29, 1.82) is 0 Å². The van der Waals surface area contributed by atoms with E-state index in [0.717, 1.165) is 18.5 Å². The Kier molecular flexibility index (Phi) is 5.38. The summed E-state index contributed by atoms with van der Waals surface area (Å²) in [6.45, 7) is 0.585. The van der Waals surface area contributed by atoms with Crippen LogP contribution in [0.2, 0.25) is 10.0 Å². The summed E-state index contributed by atoms with van der Waals surface area (Å²) in [7, 11) is 0. The van der Waals surface area contributed by atoms with Crippen molar-refractivity contribution >= 4 is 41.0 Å². The van der Waals surface area contributed by atoms with E-state index in [9.17, 15) is 4.79 Å². The number of aryl methyl sites for hydroxylation is 1. The number of benzene rings is 2. The molecule has 1 amide bonds. The smallest absolute Gasteiger partial charge is 0.267 e. The third-order valence-corrected chi connectivity index (χ3v) is 4.39. The number of anilines is 1. The first-order chi connectivity index (χ1) is 11.6. The first kappa shape index (κ1) is 16.8. The van der Waals surface area contributed by atoms with Crippen LogP contribution in [0.4, 0.5) is 5.69 Å². The van der Waals surface area contributed by atoms with Crippen LogP contribution in [-0.4, -0.2) is 25.3 Å². The normalized spacial score (nSPS) is 13.8. The van der Waals surface area contributed by atoms with Crippen LogP contribution in [0.25, 0.3) is 0 Å². The Morgan fingerprint density at radius 3 is 2.92 bits per heavy atom. The Bertz CT molecular complexity index is 777. The average molecular weight is 363 g/mol. The molecule has 0 saturated heterocycles. The molecule has 6 heteroatoms. The van der Waals surface area contributed by atoms with E-state index in [2.05, 4.69) is 11.2 Å². The molecule has 0 fully saturated rings. The summed E-state index contributed by atoms with van der Waals surface area (Å²) >= 11 is 11.9. The summed E-state index contributed by atoms with van der Waals surface area (Å²) in [5.74, 6) is -0.110. The molecule has 2 aromatic rings. The number of rotatable bonds is 4. The minimum atomic E-state index is -0.115. The van der Waals surface area contributed by atoms with Crippen molar-refractivity contribution in [1.82, 2.24) is 0 Å². The van der Waals surface area contributed by atoms with Crippen LogP contribution in [-0.2, 0) is 16.1 Å². The minimum absolute atomic E-state index is 0.110. The molecule has 24 heavy (non-hydrogen) atoms. The van der Waals surface area contributed by atoms with E-state index in [1.54, 1.807) is 23.1 Å². The lowest BCUT2D eigenvalue weighted by Crippen LogP contribution is -2.37. The predicted molar refractivity (Wildman–Crippen MR) is 97.1 cm³/mol. The fraction of sp³-hybridized carbons (Fsp3) is 0.222. The Balaban J connectivity index is 1.59. The maximum absolute atomic E-state index is 12.4. The molecule has 3 rings (SSSR count). The highest BCUT2D eigenvalue weighted by Crippen LogP contribution is 2.26. The lowest BCUT2D eigenvalue weighted by molar-refractivity contribution is -0.123. The Hall–Kier alpha value is -2.04. The van der Waals surface area contributed by atoms with Crippen LogP contribution in [0.15, 0.2) is 47.6 Å². The molecule has 0 aliphatic carbocycles. The molecule has 0 aromatic heterocycles. The van der Waals surface area contributed by atoms with Crippen molar-refractivity contribution < 1.29 is 9.63 Å². The lowest BCUT2D eigenvalue weighted by atomic mass is 10.0. The highest BCUT2D eigenvalue weighted by Gasteiger charge is 2.22. The number of amides is 1. The molecule has 1 aliphatic rings. The number of carbonyl (C=O) groups excluding carboxylic acids is 1. The van der Waals surface area contributed by atoms with E-state index >= 15 is 0 Å². The molecule has 0 saturated carbocycles. The SMILES string of the molecule is O=C(CO/N=C/c1ccc(Cl)cc1Cl)N1CCCc2ccccc21. The fourth-order valence-electron chi connectivity index (χ4n) is 2.66. The van der Waals surface area contributed by atoms with E-state index < -0.39 is 0 Å². The second kappa shape index (κ2) is 7.69. The maximum Gasteiger partial charge on any atom is 0.267 e. The predicted octanol–water partition coefficient (Wildman–Crippen LogP) is 4.32. The van der Waals surface area contributed by atoms with Gasteiger partial charge in [-0.3, -0.25) is 4.79 Å². The van der Waals surface area contributed by atoms with Crippen molar-refractivity contribution in [3.63, 3.8) is 0 Å². The Morgan fingerprint density at radius 1 is 1.25 bits per heavy atom. The molecule has 0 unspecified atom stereocenters. The molecule has 0 spiro atoms. The standard InChI is InChI=1S/C18H16Cl2N2O2/c19-15-8-7-14(16(20)10-15)11-21-24-12-18(23)22-9-3-5-13-4-1-2-6-17(13)22/h1-2,4,6-8,10-11H,3,5,9,12H2/b21-11+. The van der Waals surface area contributed by atoms with Gasteiger partial charge in [0.15, 0.2) is 6.61 Å². The fourth-order valence-corrected chi connectivity index (χ4v) is 3.12. The number of oxime groups is 1. The average Bonchev–Trinajstić information content (AvgIpc) is 2.59. The summed E-state index contributed by atoms with van der Waals surface area (Å²) in [5.41, 5.74) is 2.83. The third kappa shape index (κ3) is 3.89. The van der Waals surface area contributed by atoms with E-state index in [0.29, 0.717) is 22.2 Å². The highest BCUT2D eigenvalue weighted by molar-refractivity contribution is 6.36. The molecule has 2 aromatic carbocycles. The number of carbonyl (C=O) groups is 1. The molecule has 124 valence electrons. The molecule has 0 bridgehead atoms. The van der Waals surface area contributed by atoms with Gasteiger partial charge in [-0.1, -0.05) is 52.6 Å². The zero-order chi connectivity index (χ0) is 16.9. The van der Waals surface area contributed by atoms with Crippen LogP contribution in [0, 0.1) is 0 Å². The number of nitrogens with zero attached hydrogens (tertiary/aromatic N) is 2. The molecule has 1 aliphatic heterocycles. The van der Waals surface area contributed by atoms with Crippen LogP contribution < -0.4 is 4.90 Å². The van der Waals surface area contributed by atoms with Crippen molar-refractivity contribution in [2.24, 2.45) is 5.16 Å². The lowest BCUT2D eigenvalue weighted by Gasteiger charge is -2.28. The van der Waals surface area contributed by atoms with Crippen LogP contribution in [0.3, 0.4) is 0 Å². The van der Waals surface area contributed by atoms with Crippen LogP contribution in [0.5, 0.6) is 0 Å². The summed E-state index contributed by atoms with van der Waals surface area (Å²) in [5, 5.41) is 4.85. The first-order valence-corrected chi connectivity index (χ1v) is 8.39. The van der Waals surface area contributed by atoms with Crippen LogP contribution in [0.1, 0.15) is 17.5 Å². The number of hydrogen-bond donors (Lipinski definition) is 0. The van der Waals surface area contributed by atoms with Gasteiger partial charge in [-0.05, 0) is 36.6 Å². The van der Waals surface area contributed by atoms with Crippen molar-refractivity contribution in [3.05, 3.63) is 63.6 Å². The van der Waals surface area contributed by atoms with E-state index in [4.69, 9.17) is 28.0 Å². The second-order valence-electron chi connectivity index (χ2n) is 5.45. The molecular formula is C18H16Cl2N2O2. The minimum Gasteiger partial charge on any atom is -0.386 e. The number of fused-ring (bicyclic) bond motifs is 1.